The molecule has 0 bridgehead atoms. The van der Waals surface area contributed by atoms with Gasteiger partial charge in [0.1, 0.15) is 5.82 Å². The number of halogens is 1. The quantitative estimate of drug-likeness (QED) is 0.232. The summed E-state index contributed by atoms with van der Waals surface area (Å²) in [7, 11) is 1.98. The van der Waals surface area contributed by atoms with Gasteiger partial charge in [0.2, 0.25) is 0 Å². The molecule has 0 aliphatic carbocycles. The average molecular weight is 503 g/mol. The fraction of sp³-hybridized carbons (Fsp3) is 0.290. The molecule has 0 fully saturated rings. The molecule has 1 unspecified atom stereocenters. The van der Waals surface area contributed by atoms with Gasteiger partial charge in [-0.1, -0.05) is 60.7 Å². The first-order valence-corrected chi connectivity index (χ1v) is 13.1. The Labute approximate surface area is 218 Å². The van der Waals surface area contributed by atoms with Crippen LogP contribution in [0.4, 0.5) is 4.39 Å². The molecule has 0 amide bonds. The minimum absolute atomic E-state index is 0.146. The average Bonchev–Trinajstić information content (AvgIpc) is 2.82. The van der Waals surface area contributed by atoms with E-state index in [1.54, 1.807) is 18.0 Å². The lowest BCUT2D eigenvalue weighted by atomic mass is 9.93. The van der Waals surface area contributed by atoms with Crippen LogP contribution in [0.2, 0.25) is 0 Å². The highest BCUT2D eigenvalue weighted by molar-refractivity contribution is 7.97. The van der Waals surface area contributed by atoms with Crippen molar-refractivity contribution in [2.45, 2.75) is 43.7 Å². The number of fused-ring (bicyclic) bond motifs is 1. The zero-order chi connectivity index (χ0) is 25.7. The van der Waals surface area contributed by atoms with E-state index in [0.717, 1.165) is 28.0 Å². The molecule has 5 heteroatoms. The highest BCUT2D eigenvalue weighted by Gasteiger charge is 2.20. The van der Waals surface area contributed by atoms with Crippen molar-refractivity contribution >= 4 is 22.7 Å². The second-order valence-corrected chi connectivity index (χ2v) is 11.5. The zero-order valence-electron chi connectivity index (χ0n) is 21.5. The third-order valence-electron chi connectivity index (χ3n) is 6.21. The van der Waals surface area contributed by atoms with E-state index in [0.29, 0.717) is 13.1 Å². The second-order valence-electron chi connectivity index (χ2n) is 10.2. The number of β-amino-alcohol motifs (C(OH)–C–C–N with tert-alkyl or cyclic N) is 1. The number of benzene rings is 4. The second kappa shape index (κ2) is 11.6. The van der Waals surface area contributed by atoms with Gasteiger partial charge >= 0.3 is 0 Å². The zero-order valence-corrected chi connectivity index (χ0v) is 22.3. The Balaban J connectivity index is 1.29. The van der Waals surface area contributed by atoms with E-state index in [1.165, 1.54) is 22.4 Å². The minimum atomic E-state index is -0.507. The molecule has 0 spiro atoms. The summed E-state index contributed by atoms with van der Waals surface area (Å²) in [4.78, 5) is 1.05. The van der Waals surface area contributed by atoms with E-state index < -0.39 is 6.10 Å². The summed E-state index contributed by atoms with van der Waals surface area (Å²) in [5, 5.41) is 16.7. The van der Waals surface area contributed by atoms with Gasteiger partial charge in [0.05, 0.1) is 6.10 Å². The molecule has 0 heterocycles. The lowest BCUT2D eigenvalue weighted by molar-refractivity contribution is 0.142. The molecule has 0 aromatic heterocycles. The summed E-state index contributed by atoms with van der Waals surface area (Å²) in [6.07, 6.45) is 0.369. The molecule has 4 aromatic rings. The van der Waals surface area contributed by atoms with Gasteiger partial charge in [-0.15, -0.1) is 0 Å². The van der Waals surface area contributed by atoms with Crippen LogP contribution in [0.1, 0.15) is 25.0 Å². The van der Waals surface area contributed by atoms with E-state index in [1.807, 2.05) is 42.5 Å². The molecule has 188 valence electrons. The molecule has 36 heavy (non-hydrogen) atoms. The molecule has 2 N–H and O–H groups in total. The molecule has 4 rings (SSSR count). The lowest BCUT2D eigenvalue weighted by Gasteiger charge is -2.29. The number of aliphatic hydroxyl groups is 1. The maximum absolute atomic E-state index is 13.9. The molecular formula is C31H35FN2OS. The van der Waals surface area contributed by atoms with Crippen LogP contribution >= 0.6 is 11.9 Å². The third-order valence-corrected chi connectivity index (χ3v) is 7.14. The van der Waals surface area contributed by atoms with Crippen molar-refractivity contribution in [3.05, 3.63) is 102 Å². The molecule has 0 saturated carbocycles. The Kier molecular flexibility index (Phi) is 8.47. The van der Waals surface area contributed by atoms with Crippen molar-refractivity contribution in [3.63, 3.8) is 0 Å². The first-order chi connectivity index (χ1) is 17.2. The third kappa shape index (κ3) is 7.40. The number of hydrogen-bond acceptors (Lipinski definition) is 4. The molecule has 3 nitrogen and oxygen atoms in total. The predicted molar refractivity (Wildman–Crippen MR) is 151 cm³/mol. The van der Waals surface area contributed by atoms with Gasteiger partial charge in [0, 0.05) is 23.5 Å². The number of nitrogens with zero attached hydrogens (tertiary/aromatic N) is 1. The summed E-state index contributed by atoms with van der Waals surface area (Å²) < 4.78 is 15.9. The number of rotatable bonds is 10. The maximum atomic E-state index is 13.9. The fourth-order valence-corrected chi connectivity index (χ4v) is 5.46. The van der Waals surface area contributed by atoms with E-state index in [-0.39, 0.29) is 11.4 Å². The Morgan fingerprint density at radius 1 is 0.917 bits per heavy atom. The van der Waals surface area contributed by atoms with E-state index in [9.17, 15) is 9.50 Å². The van der Waals surface area contributed by atoms with Crippen molar-refractivity contribution in [1.82, 2.24) is 9.62 Å². The van der Waals surface area contributed by atoms with Crippen LogP contribution in [0.15, 0.2) is 89.8 Å². The summed E-state index contributed by atoms with van der Waals surface area (Å²) in [6, 6.07) is 28.2. The molecule has 0 aliphatic heterocycles. The molecule has 0 aliphatic rings. The molecule has 1 atom stereocenters. The van der Waals surface area contributed by atoms with Crippen LogP contribution in [-0.4, -0.2) is 41.2 Å². The van der Waals surface area contributed by atoms with Crippen LogP contribution in [0.3, 0.4) is 0 Å². The first kappa shape index (κ1) is 26.4. The smallest absolute Gasteiger partial charge is 0.124 e. The van der Waals surface area contributed by atoms with Crippen molar-refractivity contribution in [2.24, 2.45) is 0 Å². The number of aliphatic hydroxyl groups excluding tert-OH is 1. The fourth-order valence-electron chi connectivity index (χ4n) is 4.53. The number of aryl methyl sites for hydroxylation is 1. The van der Waals surface area contributed by atoms with Gasteiger partial charge in [-0.3, -0.25) is 0 Å². The van der Waals surface area contributed by atoms with Crippen LogP contribution in [-0.2, 0) is 6.42 Å². The first-order valence-electron chi connectivity index (χ1n) is 12.3. The summed E-state index contributed by atoms with van der Waals surface area (Å²) in [6.45, 7) is 7.28. The van der Waals surface area contributed by atoms with Gasteiger partial charge in [-0.05, 0) is 103 Å². The summed E-state index contributed by atoms with van der Waals surface area (Å²) >= 11 is 1.58. The summed E-state index contributed by atoms with van der Waals surface area (Å²) in [5.41, 5.74) is 3.89. The molecular weight excluding hydrogens is 467 g/mol. The van der Waals surface area contributed by atoms with Crippen LogP contribution in [0, 0.1) is 12.7 Å². The Morgan fingerprint density at radius 2 is 1.69 bits per heavy atom. The highest BCUT2D eigenvalue weighted by atomic mass is 32.2. The van der Waals surface area contributed by atoms with Gasteiger partial charge in [0.15, 0.2) is 0 Å². The largest absolute Gasteiger partial charge is 0.390 e. The lowest BCUT2D eigenvalue weighted by Crippen LogP contribution is -2.46. The predicted octanol–water partition coefficient (Wildman–Crippen LogP) is 6.87. The molecule has 0 radical (unpaired) electrons. The molecule has 0 saturated heterocycles. The Hall–Kier alpha value is -2.70. The monoisotopic (exact) mass is 502 g/mol. The maximum Gasteiger partial charge on any atom is 0.124 e. The number of hydrogen-bond donors (Lipinski definition) is 2. The Bertz CT molecular complexity index is 1300. The van der Waals surface area contributed by atoms with Crippen LogP contribution in [0.5, 0.6) is 0 Å². The Morgan fingerprint density at radius 3 is 2.47 bits per heavy atom. The summed E-state index contributed by atoms with van der Waals surface area (Å²) in [5.74, 6) is -0.223. The van der Waals surface area contributed by atoms with E-state index in [2.05, 4.69) is 67.7 Å². The number of likely N-dealkylation sites (N-methyl/N-ethyl adjacent to an activating group) is 1. The van der Waals surface area contributed by atoms with Crippen molar-refractivity contribution < 1.29 is 9.50 Å². The highest BCUT2D eigenvalue weighted by Crippen LogP contribution is 2.28. The molecule has 4 aromatic carbocycles. The van der Waals surface area contributed by atoms with E-state index in [4.69, 9.17) is 0 Å². The minimum Gasteiger partial charge on any atom is -0.390 e. The van der Waals surface area contributed by atoms with Crippen molar-refractivity contribution in [1.29, 1.82) is 0 Å². The van der Waals surface area contributed by atoms with Crippen molar-refractivity contribution in [2.75, 3.05) is 20.1 Å². The van der Waals surface area contributed by atoms with Crippen molar-refractivity contribution in [3.8, 4) is 11.1 Å². The topological polar surface area (TPSA) is 35.5 Å². The van der Waals surface area contributed by atoms with Gasteiger partial charge in [-0.2, -0.15) is 0 Å². The van der Waals surface area contributed by atoms with Gasteiger partial charge < -0.3 is 10.4 Å². The normalized spacial score (nSPS) is 12.9. The standard InChI is InChI=1S/C31H35FN2OS/c1-22-14-27(17-28(32)15-22)26-10-7-11-30(18-26)36-34(4)21-29(35)20-33-31(2,3)19-23-12-13-24-8-5-6-9-25(24)16-23/h5-18,29,33,35H,19-21H2,1-4H3. The van der Waals surface area contributed by atoms with Crippen LogP contribution < -0.4 is 5.32 Å². The van der Waals surface area contributed by atoms with Gasteiger partial charge in [-0.25, -0.2) is 8.70 Å². The number of nitrogens with one attached hydrogen (secondary N) is 1. The SMILES string of the molecule is Cc1cc(F)cc(-c2cccc(SN(C)CC(O)CNC(C)(C)Cc3ccc4ccccc4c3)c2)c1. The van der Waals surface area contributed by atoms with Crippen LogP contribution in [0.25, 0.3) is 21.9 Å². The van der Waals surface area contributed by atoms with E-state index >= 15 is 0 Å². The van der Waals surface area contributed by atoms with Gasteiger partial charge in [0.25, 0.3) is 0 Å².